The second-order valence-electron chi connectivity index (χ2n) is 3.84. The number of ether oxygens (including phenoxy) is 1. The molecule has 0 aliphatic carbocycles. The third kappa shape index (κ3) is 2.57. The first kappa shape index (κ1) is 12.6. The summed E-state index contributed by atoms with van der Waals surface area (Å²) in [6.45, 7) is 4.08. The maximum atomic E-state index is 6.16. The molecule has 1 rings (SSSR count). The van der Waals surface area contributed by atoms with E-state index in [1.54, 1.807) is 13.2 Å². The minimum Gasteiger partial charge on any atom is -0.495 e. The Balaban J connectivity index is 3.28. The van der Waals surface area contributed by atoms with Crippen LogP contribution < -0.4 is 10.1 Å². The summed E-state index contributed by atoms with van der Waals surface area (Å²) in [5.74, 6) is 0.595. The average Bonchev–Trinajstić information content (AvgIpc) is 2.20. The second-order valence-corrected chi connectivity index (χ2v) is 4.66. The molecule has 1 N–H and O–H groups in total. The molecule has 0 saturated carbocycles. The summed E-state index contributed by atoms with van der Waals surface area (Å²) in [7, 11) is 3.45. The van der Waals surface area contributed by atoms with E-state index in [-0.39, 0.29) is 5.54 Å². The van der Waals surface area contributed by atoms with Crippen molar-refractivity contribution >= 4 is 23.2 Å². The predicted octanol–water partition coefficient (Wildman–Crippen LogP) is 3.46. The molecule has 0 radical (unpaired) electrons. The van der Waals surface area contributed by atoms with Gasteiger partial charge >= 0.3 is 0 Å². The molecule has 0 bridgehead atoms. The van der Waals surface area contributed by atoms with E-state index in [0.717, 1.165) is 5.56 Å². The number of hydrogen-bond donors (Lipinski definition) is 1. The van der Waals surface area contributed by atoms with Gasteiger partial charge in [-0.05, 0) is 32.5 Å². The van der Waals surface area contributed by atoms with E-state index < -0.39 is 0 Å². The highest BCUT2D eigenvalue weighted by Crippen LogP contribution is 2.35. The number of nitrogens with one attached hydrogen (secondary N) is 1. The molecule has 0 aliphatic rings. The fourth-order valence-electron chi connectivity index (χ4n) is 1.30. The molecule has 0 fully saturated rings. The van der Waals surface area contributed by atoms with Crippen LogP contribution in [-0.4, -0.2) is 14.2 Å². The molecule has 0 saturated heterocycles. The van der Waals surface area contributed by atoms with E-state index in [2.05, 4.69) is 5.32 Å². The lowest BCUT2D eigenvalue weighted by Gasteiger charge is -2.26. The highest BCUT2D eigenvalue weighted by molar-refractivity contribution is 6.34. The summed E-state index contributed by atoms with van der Waals surface area (Å²) in [6, 6.07) is 3.57. The Morgan fingerprint density at radius 2 is 1.80 bits per heavy atom. The molecule has 84 valence electrons. The van der Waals surface area contributed by atoms with Gasteiger partial charge in [-0.15, -0.1) is 0 Å². The number of rotatable bonds is 3. The van der Waals surface area contributed by atoms with Crippen molar-refractivity contribution in [3.05, 3.63) is 27.7 Å². The van der Waals surface area contributed by atoms with Gasteiger partial charge in [-0.1, -0.05) is 23.2 Å². The van der Waals surface area contributed by atoms with Crippen LogP contribution in [0.1, 0.15) is 19.4 Å². The lowest BCUT2D eigenvalue weighted by atomic mass is 9.94. The van der Waals surface area contributed by atoms with Crippen molar-refractivity contribution in [3.8, 4) is 5.75 Å². The van der Waals surface area contributed by atoms with Crippen molar-refractivity contribution in [1.82, 2.24) is 5.32 Å². The van der Waals surface area contributed by atoms with E-state index in [1.165, 1.54) is 0 Å². The van der Waals surface area contributed by atoms with E-state index in [0.29, 0.717) is 15.8 Å². The van der Waals surface area contributed by atoms with Crippen molar-refractivity contribution in [2.75, 3.05) is 14.2 Å². The Labute approximate surface area is 101 Å². The highest BCUT2D eigenvalue weighted by atomic mass is 35.5. The van der Waals surface area contributed by atoms with E-state index in [9.17, 15) is 0 Å². The molecule has 0 unspecified atom stereocenters. The van der Waals surface area contributed by atoms with Gasteiger partial charge in [0.25, 0.3) is 0 Å². The van der Waals surface area contributed by atoms with Gasteiger partial charge in [-0.25, -0.2) is 0 Å². The van der Waals surface area contributed by atoms with Crippen LogP contribution in [0.4, 0.5) is 0 Å². The monoisotopic (exact) mass is 247 g/mol. The number of methoxy groups -OCH3 is 1. The minimum absolute atomic E-state index is 0.215. The van der Waals surface area contributed by atoms with Gasteiger partial charge in [0, 0.05) is 16.6 Å². The van der Waals surface area contributed by atoms with Crippen molar-refractivity contribution in [2.24, 2.45) is 0 Å². The van der Waals surface area contributed by atoms with Gasteiger partial charge in [-0.2, -0.15) is 0 Å². The van der Waals surface area contributed by atoms with Crippen LogP contribution >= 0.6 is 23.2 Å². The van der Waals surface area contributed by atoms with Crippen LogP contribution in [0.3, 0.4) is 0 Å². The third-order valence-electron chi connectivity index (χ3n) is 2.54. The zero-order valence-corrected chi connectivity index (χ0v) is 10.8. The first-order valence-electron chi connectivity index (χ1n) is 4.65. The lowest BCUT2D eigenvalue weighted by molar-refractivity contribution is 0.412. The van der Waals surface area contributed by atoms with E-state index >= 15 is 0 Å². The highest BCUT2D eigenvalue weighted by Gasteiger charge is 2.22. The molecule has 1 aromatic carbocycles. The Morgan fingerprint density at radius 1 is 1.20 bits per heavy atom. The van der Waals surface area contributed by atoms with Crippen molar-refractivity contribution in [1.29, 1.82) is 0 Å². The van der Waals surface area contributed by atoms with Crippen LogP contribution in [0.2, 0.25) is 10.0 Å². The number of benzene rings is 1. The Bertz CT molecular complexity index is 364. The molecular weight excluding hydrogens is 233 g/mol. The van der Waals surface area contributed by atoms with Gasteiger partial charge < -0.3 is 10.1 Å². The largest absolute Gasteiger partial charge is 0.495 e. The van der Waals surface area contributed by atoms with Crippen LogP contribution in [-0.2, 0) is 5.54 Å². The standard InChI is InChI=1S/C11H15Cl2NO/c1-11(2,14-3)7-5-9(13)10(15-4)6-8(7)12/h5-6,14H,1-4H3. The maximum Gasteiger partial charge on any atom is 0.138 e. The summed E-state index contributed by atoms with van der Waals surface area (Å²) in [4.78, 5) is 0. The van der Waals surface area contributed by atoms with Gasteiger partial charge in [0.05, 0.1) is 12.1 Å². The number of halogens is 2. The summed E-state index contributed by atoms with van der Waals surface area (Å²) in [6.07, 6.45) is 0. The van der Waals surface area contributed by atoms with Crippen LogP contribution in [0.25, 0.3) is 0 Å². The summed E-state index contributed by atoms with van der Waals surface area (Å²) in [5.41, 5.74) is 0.741. The van der Waals surface area contributed by atoms with Gasteiger partial charge in [0.1, 0.15) is 5.75 Å². The van der Waals surface area contributed by atoms with Gasteiger partial charge in [0.15, 0.2) is 0 Å². The molecular formula is C11H15Cl2NO. The fourth-order valence-corrected chi connectivity index (χ4v) is 1.93. The first-order valence-corrected chi connectivity index (χ1v) is 5.40. The Morgan fingerprint density at radius 3 is 2.27 bits per heavy atom. The van der Waals surface area contributed by atoms with E-state index in [1.807, 2.05) is 27.0 Å². The molecule has 2 nitrogen and oxygen atoms in total. The summed E-state index contributed by atoms with van der Waals surface area (Å²) in [5, 5.41) is 4.40. The predicted molar refractivity (Wildman–Crippen MR) is 65.1 cm³/mol. The molecule has 4 heteroatoms. The molecule has 0 aromatic heterocycles. The van der Waals surface area contributed by atoms with Gasteiger partial charge in [0.2, 0.25) is 0 Å². The summed E-state index contributed by atoms with van der Waals surface area (Å²) < 4.78 is 5.09. The lowest BCUT2D eigenvalue weighted by Crippen LogP contribution is -2.33. The van der Waals surface area contributed by atoms with Gasteiger partial charge in [-0.3, -0.25) is 0 Å². The molecule has 0 amide bonds. The SMILES string of the molecule is CNC(C)(C)c1cc(Cl)c(OC)cc1Cl. The maximum absolute atomic E-state index is 6.16. The normalized spacial score (nSPS) is 11.6. The number of hydrogen-bond acceptors (Lipinski definition) is 2. The smallest absolute Gasteiger partial charge is 0.138 e. The molecule has 0 atom stereocenters. The van der Waals surface area contributed by atoms with Crippen LogP contribution in [0.5, 0.6) is 5.75 Å². The first-order chi connectivity index (χ1) is 6.92. The van der Waals surface area contributed by atoms with Crippen LogP contribution in [0.15, 0.2) is 12.1 Å². The topological polar surface area (TPSA) is 21.3 Å². The molecule has 15 heavy (non-hydrogen) atoms. The van der Waals surface area contributed by atoms with E-state index in [4.69, 9.17) is 27.9 Å². The second kappa shape index (κ2) is 4.60. The zero-order valence-electron chi connectivity index (χ0n) is 9.32. The van der Waals surface area contributed by atoms with Crippen molar-refractivity contribution in [3.63, 3.8) is 0 Å². The van der Waals surface area contributed by atoms with Crippen LogP contribution in [0, 0.1) is 0 Å². The molecule has 0 heterocycles. The average molecular weight is 248 g/mol. The fraction of sp³-hybridized carbons (Fsp3) is 0.455. The molecule has 0 spiro atoms. The quantitative estimate of drug-likeness (QED) is 0.884. The third-order valence-corrected chi connectivity index (χ3v) is 3.15. The molecule has 1 aromatic rings. The summed E-state index contributed by atoms with van der Waals surface area (Å²) >= 11 is 12.2. The van der Waals surface area contributed by atoms with Crippen molar-refractivity contribution < 1.29 is 4.74 Å². The van der Waals surface area contributed by atoms with Crippen molar-refractivity contribution in [2.45, 2.75) is 19.4 Å². The molecule has 0 aliphatic heterocycles. The zero-order chi connectivity index (χ0) is 11.6. The minimum atomic E-state index is -0.215. The Kier molecular flexibility index (Phi) is 3.87. The Hall–Kier alpha value is -0.440.